The Kier molecular flexibility index (Phi) is 6.73. The van der Waals surface area contributed by atoms with Crippen molar-refractivity contribution < 1.29 is 19.9 Å². The van der Waals surface area contributed by atoms with E-state index in [9.17, 15) is 14.7 Å². The van der Waals surface area contributed by atoms with Crippen LogP contribution in [0, 0.1) is 0 Å². The van der Waals surface area contributed by atoms with Crippen LogP contribution in [0.5, 0.6) is 5.75 Å². The van der Waals surface area contributed by atoms with Crippen LogP contribution in [0.1, 0.15) is 23.2 Å². The smallest absolute Gasteiger partial charge is 0.251 e. The van der Waals surface area contributed by atoms with Gasteiger partial charge < -0.3 is 15.3 Å². The van der Waals surface area contributed by atoms with Gasteiger partial charge in [0.2, 0.25) is 5.91 Å². The fourth-order valence-corrected chi connectivity index (χ4v) is 2.61. The van der Waals surface area contributed by atoms with Crippen molar-refractivity contribution in [3.05, 3.63) is 42.0 Å². The molecule has 0 aliphatic rings. The van der Waals surface area contributed by atoms with Crippen molar-refractivity contribution in [2.75, 3.05) is 26.7 Å². The summed E-state index contributed by atoms with van der Waals surface area (Å²) in [5, 5.41) is 22.5. The van der Waals surface area contributed by atoms with Gasteiger partial charge in [-0.15, -0.1) is 0 Å². The second-order valence-electron chi connectivity index (χ2n) is 5.88. The van der Waals surface area contributed by atoms with Crippen molar-refractivity contribution in [1.29, 1.82) is 0 Å². The van der Waals surface area contributed by atoms with Crippen LogP contribution in [0.4, 0.5) is 0 Å². The number of benzene rings is 2. The third-order valence-electron chi connectivity index (χ3n) is 3.99. The van der Waals surface area contributed by atoms with Gasteiger partial charge in [0, 0.05) is 30.5 Å². The third kappa shape index (κ3) is 5.17. The molecule has 2 aromatic rings. The van der Waals surface area contributed by atoms with Gasteiger partial charge in [0.15, 0.2) is 0 Å². The number of nitrogens with zero attached hydrogens (tertiary/aromatic N) is 1. The number of hydroxylamine groups is 1. The first-order valence-corrected chi connectivity index (χ1v) is 8.13. The Balaban J connectivity index is 1.85. The van der Waals surface area contributed by atoms with E-state index in [1.54, 1.807) is 17.6 Å². The van der Waals surface area contributed by atoms with Crippen molar-refractivity contribution in [3.8, 4) is 5.75 Å². The Bertz CT molecular complexity index is 748. The number of phenolic OH excluding ortho intramolecular Hbond substituents is 1. The van der Waals surface area contributed by atoms with Crippen molar-refractivity contribution in [2.24, 2.45) is 0 Å². The molecule has 0 saturated carbocycles. The van der Waals surface area contributed by atoms with E-state index in [-0.39, 0.29) is 18.1 Å². The summed E-state index contributed by atoms with van der Waals surface area (Å²) >= 11 is 0. The number of nitrogens with one attached hydrogen (secondary N) is 2. The molecule has 2 aromatic carbocycles. The Labute approximate surface area is 146 Å². The van der Waals surface area contributed by atoms with Crippen LogP contribution in [0.15, 0.2) is 36.4 Å². The van der Waals surface area contributed by atoms with E-state index in [2.05, 4.69) is 5.32 Å². The van der Waals surface area contributed by atoms with Crippen molar-refractivity contribution in [3.63, 3.8) is 0 Å². The van der Waals surface area contributed by atoms with Gasteiger partial charge in [-0.2, -0.15) is 0 Å². The molecule has 0 fully saturated rings. The summed E-state index contributed by atoms with van der Waals surface area (Å²) in [7, 11) is 1.90. The van der Waals surface area contributed by atoms with Crippen molar-refractivity contribution >= 4 is 22.6 Å². The molecule has 7 heteroatoms. The molecule has 0 aromatic heterocycles. The number of fused-ring (bicyclic) bond motifs is 1. The lowest BCUT2D eigenvalue weighted by Crippen LogP contribution is -2.33. The molecule has 134 valence electrons. The van der Waals surface area contributed by atoms with Crippen LogP contribution in [-0.4, -0.2) is 53.7 Å². The summed E-state index contributed by atoms with van der Waals surface area (Å²) in [4.78, 5) is 25.3. The van der Waals surface area contributed by atoms with E-state index in [0.717, 1.165) is 0 Å². The van der Waals surface area contributed by atoms with Crippen LogP contribution in [0.2, 0.25) is 0 Å². The molecule has 0 aliphatic carbocycles. The lowest BCUT2D eigenvalue weighted by atomic mass is 10.0. The lowest BCUT2D eigenvalue weighted by Gasteiger charge is -2.17. The summed E-state index contributed by atoms with van der Waals surface area (Å²) in [6.45, 7) is 1.80. The number of hydrogen-bond acceptors (Lipinski definition) is 5. The van der Waals surface area contributed by atoms with Crippen molar-refractivity contribution in [1.82, 2.24) is 15.7 Å². The topological polar surface area (TPSA) is 102 Å². The standard InChI is InChI=1S/C18H23N3O4/c1-21(11-4-7-17(23)20-25)12-10-19-18(24)15-8-9-16(22)14-6-3-2-5-13(14)15/h2-3,5-6,8-9,22,25H,4,7,10-12H2,1H3,(H,19,24)(H,20,23). The normalized spacial score (nSPS) is 10.8. The highest BCUT2D eigenvalue weighted by molar-refractivity contribution is 6.08. The quantitative estimate of drug-likeness (QED) is 0.429. The van der Waals surface area contributed by atoms with E-state index >= 15 is 0 Å². The highest BCUT2D eigenvalue weighted by Gasteiger charge is 2.12. The second-order valence-corrected chi connectivity index (χ2v) is 5.88. The molecule has 0 unspecified atom stereocenters. The van der Waals surface area contributed by atoms with Gasteiger partial charge in [-0.25, -0.2) is 5.48 Å². The highest BCUT2D eigenvalue weighted by Crippen LogP contribution is 2.27. The predicted molar refractivity (Wildman–Crippen MR) is 94.6 cm³/mol. The van der Waals surface area contributed by atoms with Crippen LogP contribution in [0.3, 0.4) is 0 Å². The first-order chi connectivity index (χ1) is 12.0. The Hall–Kier alpha value is -2.64. The molecule has 2 amide bonds. The largest absolute Gasteiger partial charge is 0.507 e. The minimum atomic E-state index is -0.402. The zero-order valence-corrected chi connectivity index (χ0v) is 14.2. The minimum absolute atomic E-state index is 0.152. The van der Waals surface area contributed by atoms with E-state index in [1.807, 2.05) is 30.1 Å². The molecular weight excluding hydrogens is 322 g/mol. The number of carbonyl (C=O) groups excluding carboxylic acids is 2. The molecule has 25 heavy (non-hydrogen) atoms. The zero-order valence-electron chi connectivity index (χ0n) is 14.2. The molecule has 2 rings (SSSR count). The molecule has 0 aliphatic heterocycles. The molecule has 0 atom stereocenters. The molecule has 0 radical (unpaired) electrons. The van der Waals surface area contributed by atoms with E-state index in [4.69, 9.17) is 5.21 Å². The summed E-state index contributed by atoms with van der Waals surface area (Å²) in [5.74, 6) is -0.441. The first kappa shape index (κ1) is 18.7. The number of carbonyl (C=O) groups is 2. The van der Waals surface area contributed by atoms with Crippen LogP contribution >= 0.6 is 0 Å². The lowest BCUT2D eigenvalue weighted by molar-refractivity contribution is -0.129. The maximum atomic E-state index is 12.4. The number of phenols is 1. The zero-order chi connectivity index (χ0) is 18.2. The number of hydrogen-bond donors (Lipinski definition) is 4. The van der Waals surface area contributed by atoms with Crippen LogP contribution < -0.4 is 10.8 Å². The Morgan fingerprint density at radius 2 is 1.80 bits per heavy atom. The molecule has 4 N–H and O–H groups in total. The van der Waals surface area contributed by atoms with Gasteiger partial charge in [-0.1, -0.05) is 24.3 Å². The van der Waals surface area contributed by atoms with Crippen LogP contribution in [0.25, 0.3) is 10.8 Å². The third-order valence-corrected chi connectivity index (χ3v) is 3.99. The van der Waals surface area contributed by atoms with Crippen LogP contribution in [-0.2, 0) is 4.79 Å². The summed E-state index contributed by atoms with van der Waals surface area (Å²) in [6.07, 6.45) is 0.881. The molecule has 0 saturated heterocycles. The maximum Gasteiger partial charge on any atom is 0.251 e. The minimum Gasteiger partial charge on any atom is -0.507 e. The van der Waals surface area contributed by atoms with Gasteiger partial charge in [0.25, 0.3) is 5.91 Å². The number of rotatable bonds is 8. The van der Waals surface area contributed by atoms with Crippen molar-refractivity contribution in [2.45, 2.75) is 12.8 Å². The van der Waals surface area contributed by atoms with Gasteiger partial charge >= 0.3 is 0 Å². The molecule has 0 heterocycles. The molecule has 0 bridgehead atoms. The molecular formula is C18H23N3O4. The predicted octanol–water partition coefficient (Wildman–Crippen LogP) is 1.49. The average Bonchev–Trinajstić information content (AvgIpc) is 2.62. The summed E-state index contributed by atoms with van der Waals surface area (Å²) in [5.41, 5.74) is 2.12. The van der Waals surface area contributed by atoms with Gasteiger partial charge in [-0.3, -0.25) is 14.8 Å². The summed E-state index contributed by atoms with van der Waals surface area (Å²) < 4.78 is 0. The fraction of sp³-hybridized carbons (Fsp3) is 0.333. The summed E-state index contributed by atoms with van der Waals surface area (Å²) in [6, 6.07) is 10.4. The maximum absolute atomic E-state index is 12.4. The average molecular weight is 345 g/mol. The SMILES string of the molecule is CN(CCCC(=O)NO)CCNC(=O)c1ccc(O)c2ccccc12. The van der Waals surface area contributed by atoms with Gasteiger partial charge in [0.1, 0.15) is 5.75 Å². The number of aromatic hydroxyl groups is 1. The van der Waals surface area contributed by atoms with Gasteiger partial charge in [-0.05, 0) is 37.5 Å². The van der Waals surface area contributed by atoms with E-state index in [1.165, 1.54) is 6.07 Å². The Morgan fingerprint density at radius 1 is 1.08 bits per heavy atom. The monoisotopic (exact) mass is 345 g/mol. The second kappa shape index (κ2) is 9.00. The molecule has 7 nitrogen and oxygen atoms in total. The van der Waals surface area contributed by atoms with E-state index in [0.29, 0.717) is 42.4 Å². The van der Waals surface area contributed by atoms with E-state index < -0.39 is 5.91 Å². The number of likely N-dealkylation sites (N-methyl/N-ethyl adjacent to an activating group) is 1. The van der Waals surface area contributed by atoms with Gasteiger partial charge in [0.05, 0.1) is 0 Å². The highest BCUT2D eigenvalue weighted by atomic mass is 16.5. The molecule has 0 spiro atoms. The Morgan fingerprint density at radius 3 is 2.52 bits per heavy atom. The first-order valence-electron chi connectivity index (χ1n) is 8.13. The number of amides is 2. The fourth-order valence-electron chi connectivity index (χ4n) is 2.61.